The van der Waals surface area contributed by atoms with Crippen molar-refractivity contribution in [2.45, 2.75) is 0 Å². The van der Waals surface area contributed by atoms with Crippen molar-refractivity contribution in [2.24, 2.45) is 0 Å². The minimum absolute atomic E-state index is 0.291. The van der Waals surface area contributed by atoms with Crippen LogP contribution in [0.4, 0.5) is 21.7 Å². The molecule has 0 saturated carbocycles. The number of amides is 1. The fraction of sp³-hybridized carbons (Fsp3) is 0.192. The molecule has 2 N–H and O–H groups in total. The minimum atomic E-state index is -0.380. The zero-order valence-corrected chi connectivity index (χ0v) is 20.3. The number of nitrogens with one attached hydrogen (secondary N) is 2. The number of benzene rings is 2. The molecule has 0 fully saturated rings. The summed E-state index contributed by atoms with van der Waals surface area (Å²) in [6.45, 7) is 4.62. The lowest BCUT2D eigenvalue weighted by molar-refractivity contribution is -0.111. The number of anilines is 3. The van der Waals surface area contributed by atoms with E-state index in [1.807, 2.05) is 37.3 Å². The Morgan fingerprint density at radius 3 is 2.75 bits per heavy atom. The molecule has 0 spiro atoms. The van der Waals surface area contributed by atoms with Crippen molar-refractivity contribution in [3.8, 4) is 22.6 Å². The summed E-state index contributed by atoms with van der Waals surface area (Å²) in [5.41, 5.74) is 3.01. The maximum Gasteiger partial charge on any atom is 0.247 e. The normalized spacial score (nSPS) is 10.9. The summed E-state index contributed by atoms with van der Waals surface area (Å²) in [6, 6.07) is 11.5. The molecule has 0 atom stereocenters. The van der Waals surface area contributed by atoms with Crippen LogP contribution in [0.25, 0.3) is 16.8 Å². The molecule has 9 nitrogen and oxygen atoms in total. The molecule has 0 aliphatic rings. The van der Waals surface area contributed by atoms with E-state index in [0.29, 0.717) is 53.2 Å². The molecule has 1 amide bonds. The third-order valence-electron chi connectivity index (χ3n) is 5.33. The highest BCUT2D eigenvalue weighted by atomic mass is 19.1. The fourth-order valence-electron chi connectivity index (χ4n) is 3.53. The van der Waals surface area contributed by atoms with Gasteiger partial charge in [-0.05, 0) is 50.0 Å². The standard InChI is InChI=1S/C26H27FN6O3/c1-5-24(34)29-21-14-20(22(35-4)15-23(21)36-12-11-32(2)3)30-26-28-16-33-10-9-19(25(33)31-26)17-7-6-8-18(27)13-17/h5-10,13-16H,1,11-12H2,2-4H3,(H,29,34)(H,30,31). The van der Waals surface area contributed by atoms with Gasteiger partial charge in [0.2, 0.25) is 11.9 Å². The summed E-state index contributed by atoms with van der Waals surface area (Å²) >= 11 is 0. The number of nitrogens with zero attached hydrogens (tertiary/aromatic N) is 4. The molecule has 4 aromatic rings. The van der Waals surface area contributed by atoms with Crippen LogP contribution in [0, 0.1) is 5.82 Å². The van der Waals surface area contributed by atoms with E-state index in [1.165, 1.54) is 25.3 Å². The zero-order chi connectivity index (χ0) is 25.7. The quantitative estimate of drug-likeness (QED) is 0.319. The number of aromatic nitrogens is 3. The minimum Gasteiger partial charge on any atom is -0.494 e. The van der Waals surface area contributed by atoms with E-state index >= 15 is 0 Å². The molecule has 2 aromatic heterocycles. The molecule has 186 valence electrons. The summed E-state index contributed by atoms with van der Waals surface area (Å²) in [6.07, 6.45) is 4.60. The Bertz CT molecular complexity index is 1400. The van der Waals surface area contributed by atoms with Gasteiger partial charge >= 0.3 is 0 Å². The Hall–Kier alpha value is -4.44. The predicted molar refractivity (Wildman–Crippen MR) is 138 cm³/mol. The van der Waals surface area contributed by atoms with Crippen molar-refractivity contribution >= 4 is 28.9 Å². The Labute approximate surface area is 208 Å². The SMILES string of the molecule is C=CC(=O)Nc1cc(Nc2ncn3ccc(-c4cccc(F)c4)c3n2)c(OC)cc1OCCN(C)C. The number of rotatable bonds is 10. The van der Waals surface area contributed by atoms with Crippen LogP contribution in [-0.2, 0) is 4.79 Å². The molecule has 0 aliphatic heterocycles. The highest BCUT2D eigenvalue weighted by molar-refractivity contribution is 6.00. The molecular weight excluding hydrogens is 463 g/mol. The average molecular weight is 491 g/mol. The number of fused-ring (bicyclic) bond motifs is 1. The van der Waals surface area contributed by atoms with Gasteiger partial charge in [0, 0.05) is 24.4 Å². The van der Waals surface area contributed by atoms with Crippen LogP contribution in [-0.4, -0.2) is 59.5 Å². The van der Waals surface area contributed by atoms with E-state index in [-0.39, 0.29) is 11.7 Å². The first-order chi connectivity index (χ1) is 17.4. The molecule has 10 heteroatoms. The third-order valence-corrected chi connectivity index (χ3v) is 5.33. The Kier molecular flexibility index (Phi) is 7.45. The van der Waals surface area contributed by atoms with Crippen LogP contribution in [0.5, 0.6) is 11.5 Å². The number of carbonyl (C=O) groups is 1. The van der Waals surface area contributed by atoms with Gasteiger partial charge in [-0.3, -0.25) is 9.20 Å². The molecule has 36 heavy (non-hydrogen) atoms. The maximum atomic E-state index is 13.8. The molecule has 0 saturated heterocycles. The van der Waals surface area contributed by atoms with Gasteiger partial charge < -0.3 is 25.0 Å². The molecule has 2 heterocycles. The van der Waals surface area contributed by atoms with Crippen molar-refractivity contribution in [2.75, 3.05) is 45.0 Å². The van der Waals surface area contributed by atoms with Crippen LogP contribution in [0.2, 0.25) is 0 Å². The van der Waals surface area contributed by atoms with E-state index in [0.717, 1.165) is 5.56 Å². The van der Waals surface area contributed by atoms with Crippen LogP contribution >= 0.6 is 0 Å². The van der Waals surface area contributed by atoms with Gasteiger partial charge in [-0.2, -0.15) is 4.98 Å². The third kappa shape index (κ3) is 5.61. The van der Waals surface area contributed by atoms with Gasteiger partial charge in [-0.1, -0.05) is 18.7 Å². The van der Waals surface area contributed by atoms with E-state index < -0.39 is 0 Å². The van der Waals surface area contributed by atoms with E-state index in [9.17, 15) is 9.18 Å². The highest BCUT2D eigenvalue weighted by Gasteiger charge is 2.16. The van der Waals surface area contributed by atoms with Gasteiger partial charge in [0.05, 0.1) is 18.5 Å². The van der Waals surface area contributed by atoms with Gasteiger partial charge in [0.25, 0.3) is 0 Å². The van der Waals surface area contributed by atoms with Crippen LogP contribution < -0.4 is 20.1 Å². The van der Waals surface area contributed by atoms with E-state index in [1.54, 1.807) is 28.9 Å². The van der Waals surface area contributed by atoms with Crippen LogP contribution in [0.15, 0.2) is 67.6 Å². The van der Waals surface area contributed by atoms with Gasteiger partial charge in [-0.15, -0.1) is 0 Å². The van der Waals surface area contributed by atoms with Crippen molar-refractivity contribution in [3.05, 3.63) is 73.5 Å². The smallest absolute Gasteiger partial charge is 0.247 e. The average Bonchev–Trinajstić information content (AvgIpc) is 3.28. The molecule has 0 unspecified atom stereocenters. The first-order valence-corrected chi connectivity index (χ1v) is 11.2. The second-order valence-corrected chi connectivity index (χ2v) is 8.17. The number of ether oxygens (including phenoxy) is 2. The first-order valence-electron chi connectivity index (χ1n) is 11.2. The maximum absolute atomic E-state index is 13.8. The van der Waals surface area contributed by atoms with Crippen molar-refractivity contribution in [1.82, 2.24) is 19.3 Å². The topological polar surface area (TPSA) is 93.0 Å². The molecule has 0 radical (unpaired) electrons. The van der Waals surface area contributed by atoms with Crippen molar-refractivity contribution in [3.63, 3.8) is 0 Å². The summed E-state index contributed by atoms with van der Waals surface area (Å²) in [5, 5.41) is 5.92. The Morgan fingerprint density at radius 1 is 1.19 bits per heavy atom. The fourth-order valence-corrected chi connectivity index (χ4v) is 3.53. The number of likely N-dealkylation sites (N-methyl/N-ethyl adjacent to an activating group) is 1. The first kappa shape index (κ1) is 24.7. The number of hydrogen-bond acceptors (Lipinski definition) is 7. The molecule has 2 aromatic carbocycles. The molecular formula is C26H27FN6O3. The number of hydrogen-bond donors (Lipinski definition) is 2. The van der Waals surface area contributed by atoms with Gasteiger partial charge in [0.1, 0.15) is 35.9 Å². The van der Waals surface area contributed by atoms with E-state index in [4.69, 9.17) is 9.47 Å². The van der Waals surface area contributed by atoms with Crippen LogP contribution in [0.3, 0.4) is 0 Å². The lowest BCUT2D eigenvalue weighted by Gasteiger charge is -2.18. The summed E-state index contributed by atoms with van der Waals surface area (Å²) in [4.78, 5) is 23.0. The molecule has 4 rings (SSSR count). The highest BCUT2D eigenvalue weighted by Crippen LogP contribution is 2.38. The monoisotopic (exact) mass is 490 g/mol. The second-order valence-electron chi connectivity index (χ2n) is 8.17. The lowest BCUT2D eigenvalue weighted by atomic mass is 10.1. The largest absolute Gasteiger partial charge is 0.494 e. The molecule has 0 bridgehead atoms. The van der Waals surface area contributed by atoms with Crippen molar-refractivity contribution < 1.29 is 18.7 Å². The zero-order valence-electron chi connectivity index (χ0n) is 20.3. The second kappa shape index (κ2) is 10.9. The number of halogens is 1. The Morgan fingerprint density at radius 2 is 2.03 bits per heavy atom. The van der Waals surface area contributed by atoms with Crippen LogP contribution in [0.1, 0.15) is 0 Å². The lowest BCUT2D eigenvalue weighted by Crippen LogP contribution is -2.20. The number of carbonyl (C=O) groups excluding carboxylic acids is 1. The predicted octanol–water partition coefficient (Wildman–Crippen LogP) is 4.35. The van der Waals surface area contributed by atoms with Gasteiger partial charge in [-0.25, -0.2) is 9.37 Å². The number of methoxy groups -OCH3 is 1. The Balaban J connectivity index is 1.69. The molecule has 0 aliphatic carbocycles. The van der Waals surface area contributed by atoms with E-state index in [2.05, 4.69) is 27.2 Å². The summed E-state index contributed by atoms with van der Waals surface area (Å²) in [7, 11) is 5.42. The van der Waals surface area contributed by atoms with Crippen molar-refractivity contribution in [1.29, 1.82) is 0 Å². The summed E-state index contributed by atoms with van der Waals surface area (Å²) in [5.74, 6) is 0.501. The summed E-state index contributed by atoms with van der Waals surface area (Å²) < 4.78 is 27.0. The van der Waals surface area contributed by atoms with Gasteiger partial charge in [0.15, 0.2) is 0 Å².